The number of likely N-dealkylation sites (N-methyl/N-ethyl adjacent to an activating group) is 1. The van der Waals surface area contributed by atoms with Crippen molar-refractivity contribution in [2.24, 2.45) is 10.7 Å². The van der Waals surface area contributed by atoms with Crippen molar-refractivity contribution in [3.05, 3.63) is 65.7 Å². The Labute approximate surface area is 150 Å². The van der Waals surface area contributed by atoms with Gasteiger partial charge in [-0.05, 0) is 25.6 Å². The first-order valence-electron chi connectivity index (χ1n) is 8.48. The van der Waals surface area contributed by atoms with Crippen molar-refractivity contribution in [3.63, 3.8) is 0 Å². The highest BCUT2D eigenvalue weighted by Gasteiger charge is 2.09. The molecule has 1 atom stereocenters. The van der Waals surface area contributed by atoms with Crippen LogP contribution in [0.15, 0.2) is 59.6 Å². The molecule has 2 aromatic carbocycles. The monoisotopic (exact) mass is 340 g/mol. The summed E-state index contributed by atoms with van der Waals surface area (Å²) in [6.07, 6.45) is 0. The number of methoxy groups -OCH3 is 1. The number of anilines is 1. The number of nitrogens with two attached hydrogens (primary N) is 1. The van der Waals surface area contributed by atoms with Crippen molar-refractivity contribution in [1.29, 1.82) is 0 Å². The molecular formula is C20H28N4O. The van der Waals surface area contributed by atoms with E-state index in [0.717, 1.165) is 17.8 Å². The maximum absolute atomic E-state index is 6.05. The SMILES string of the molecule is COCc1ccccc1NC(N)=NCC(C)N(C)Cc1ccccc1. The largest absolute Gasteiger partial charge is 0.380 e. The van der Waals surface area contributed by atoms with Gasteiger partial charge in [-0.3, -0.25) is 9.89 Å². The summed E-state index contributed by atoms with van der Waals surface area (Å²) in [4.78, 5) is 6.75. The Balaban J connectivity index is 1.89. The number of hydrogen-bond acceptors (Lipinski definition) is 3. The fraction of sp³-hybridized carbons (Fsp3) is 0.350. The van der Waals surface area contributed by atoms with Gasteiger partial charge in [0.05, 0.1) is 13.2 Å². The lowest BCUT2D eigenvalue weighted by atomic mass is 10.2. The Morgan fingerprint density at radius 3 is 2.56 bits per heavy atom. The second-order valence-electron chi connectivity index (χ2n) is 6.19. The molecule has 0 aliphatic rings. The fourth-order valence-electron chi connectivity index (χ4n) is 2.50. The number of rotatable bonds is 8. The molecule has 134 valence electrons. The van der Waals surface area contributed by atoms with Crippen molar-refractivity contribution < 1.29 is 4.74 Å². The highest BCUT2D eigenvalue weighted by Crippen LogP contribution is 2.15. The first kappa shape index (κ1) is 19.0. The summed E-state index contributed by atoms with van der Waals surface area (Å²) in [5.41, 5.74) is 9.32. The fourth-order valence-corrected chi connectivity index (χ4v) is 2.50. The van der Waals surface area contributed by atoms with Crippen molar-refractivity contribution in [3.8, 4) is 0 Å². The van der Waals surface area contributed by atoms with Crippen molar-refractivity contribution in [2.45, 2.75) is 26.1 Å². The predicted molar refractivity (Wildman–Crippen MR) is 105 cm³/mol. The van der Waals surface area contributed by atoms with Crippen LogP contribution in [0.5, 0.6) is 0 Å². The summed E-state index contributed by atoms with van der Waals surface area (Å²) in [6.45, 7) is 4.21. The molecule has 0 bridgehead atoms. The van der Waals surface area contributed by atoms with Gasteiger partial charge in [-0.1, -0.05) is 48.5 Å². The van der Waals surface area contributed by atoms with E-state index in [9.17, 15) is 0 Å². The molecule has 5 nitrogen and oxygen atoms in total. The molecule has 0 amide bonds. The molecular weight excluding hydrogens is 312 g/mol. The number of para-hydroxylation sites is 1. The third-order valence-corrected chi connectivity index (χ3v) is 4.13. The Morgan fingerprint density at radius 1 is 1.16 bits per heavy atom. The summed E-state index contributed by atoms with van der Waals surface area (Å²) in [5, 5.41) is 3.17. The number of aliphatic imine (C=N–C) groups is 1. The second-order valence-corrected chi connectivity index (χ2v) is 6.19. The lowest BCUT2D eigenvalue weighted by Gasteiger charge is -2.23. The van der Waals surface area contributed by atoms with E-state index in [2.05, 4.69) is 53.4 Å². The molecule has 0 spiro atoms. The van der Waals surface area contributed by atoms with Crippen LogP contribution >= 0.6 is 0 Å². The molecule has 2 aromatic rings. The second kappa shape index (κ2) is 9.81. The van der Waals surface area contributed by atoms with Crippen LogP contribution in [0.2, 0.25) is 0 Å². The molecule has 1 unspecified atom stereocenters. The standard InChI is InChI=1S/C20H28N4O/c1-16(24(2)14-17-9-5-4-6-10-17)13-22-20(21)23-19-12-8-7-11-18(19)15-25-3/h4-12,16H,13-15H2,1-3H3,(H3,21,22,23). The van der Waals surface area contributed by atoms with Crippen LogP contribution in [0, 0.1) is 0 Å². The van der Waals surface area contributed by atoms with Gasteiger partial charge in [0.2, 0.25) is 0 Å². The lowest BCUT2D eigenvalue weighted by molar-refractivity contribution is 0.185. The third kappa shape index (κ3) is 6.21. The zero-order valence-electron chi connectivity index (χ0n) is 15.3. The van der Waals surface area contributed by atoms with Gasteiger partial charge in [0, 0.05) is 30.9 Å². The van der Waals surface area contributed by atoms with E-state index in [-0.39, 0.29) is 6.04 Å². The van der Waals surface area contributed by atoms with Crippen LogP contribution in [0.1, 0.15) is 18.1 Å². The van der Waals surface area contributed by atoms with E-state index < -0.39 is 0 Å². The minimum absolute atomic E-state index is 0.287. The number of nitrogens with one attached hydrogen (secondary N) is 1. The smallest absolute Gasteiger partial charge is 0.193 e. The van der Waals surface area contributed by atoms with E-state index in [4.69, 9.17) is 10.5 Å². The Bertz CT molecular complexity index is 672. The zero-order chi connectivity index (χ0) is 18.1. The Morgan fingerprint density at radius 2 is 1.84 bits per heavy atom. The predicted octanol–water partition coefficient (Wildman–Crippen LogP) is 3.08. The molecule has 0 fully saturated rings. The molecule has 25 heavy (non-hydrogen) atoms. The maximum atomic E-state index is 6.05. The van der Waals surface area contributed by atoms with Gasteiger partial charge < -0.3 is 15.8 Å². The highest BCUT2D eigenvalue weighted by atomic mass is 16.5. The zero-order valence-corrected chi connectivity index (χ0v) is 15.3. The molecule has 0 aromatic heterocycles. The Kier molecular flexibility index (Phi) is 7.44. The van der Waals surface area contributed by atoms with Crippen LogP contribution in [-0.4, -0.2) is 37.6 Å². The summed E-state index contributed by atoms with van der Waals surface area (Å²) >= 11 is 0. The first-order chi connectivity index (χ1) is 12.1. The van der Waals surface area contributed by atoms with E-state index in [1.807, 2.05) is 30.3 Å². The molecule has 0 radical (unpaired) electrons. The molecule has 0 saturated carbocycles. The van der Waals surface area contributed by atoms with Crippen molar-refractivity contribution in [1.82, 2.24) is 4.90 Å². The normalized spacial score (nSPS) is 13.0. The van der Waals surface area contributed by atoms with Gasteiger partial charge in [0.15, 0.2) is 5.96 Å². The molecule has 0 heterocycles. The Hall–Kier alpha value is -2.37. The van der Waals surface area contributed by atoms with Crippen LogP contribution in [-0.2, 0) is 17.9 Å². The molecule has 0 aliphatic heterocycles. The van der Waals surface area contributed by atoms with Gasteiger partial charge in [-0.15, -0.1) is 0 Å². The number of ether oxygens (including phenoxy) is 1. The minimum Gasteiger partial charge on any atom is -0.380 e. The summed E-state index contributed by atoms with van der Waals surface area (Å²) in [5.74, 6) is 0.420. The van der Waals surface area contributed by atoms with Gasteiger partial charge >= 0.3 is 0 Å². The van der Waals surface area contributed by atoms with Crippen LogP contribution in [0.25, 0.3) is 0 Å². The molecule has 2 rings (SSSR count). The highest BCUT2D eigenvalue weighted by molar-refractivity contribution is 5.92. The van der Waals surface area contributed by atoms with Crippen LogP contribution in [0.3, 0.4) is 0 Å². The maximum Gasteiger partial charge on any atom is 0.193 e. The van der Waals surface area contributed by atoms with E-state index >= 15 is 0 Å². The van der Waals surface area contributed by atoms with Crippen LogP contribution < -0.4 is 11.1 Å². The van der Waals surface area contributed by atoms with Gasteiger partial charge in [-0.25, -0.2) is 0 Å². The molecule has 5 heteroatoms. The minimum atomic E-state index is 0.287. The van der Waals surface area contributed by atoms with Gasteiger partial charge in [-0.2, -0.15) is 0 Å². The van der Waals surface area contributed by atoms with Gasteiger partial charge in [0.25, 0.3) is 0 Å². The molecule has 0 saturated heterocycles. The first-order valence-corrected chi connectivity index (χ1v) is 8.48. The lowest BCUT2D eigenvalue weighted by Crippen LogP contribution is -2.33. The van der Waals surface area contributed by atoms with Crippen LogP contribution in [0.4, 0.5) is 5.69 Å². The van der Waals surface area contributed by atoms with Crippen molar-refractivity contribution in [2.75, 3.05) is 26.0 Å². The average molecular weight is 340 g/mol. The summed E-state index contributed by atoms with van der Waals surface area (Å²) in [6, 6.07) is 18.6. The quantitative estimate of drug-likeness (QED) is 0.573. The summed E-state index contributed by atoms with van der Waals surface area (Å²) < 4.78 is 5.21. The topological polar surface area (TPSA) is 62.9 Å². The molecule has 3 N–H and O–H groups in total. The summed E-state index contributed by atoms with van der Waals surface area (Å²) in [7, 11) is 3.78. The average Bonchev–Trinajstić information content (AvgIpc) is 2.62. The molecule has 0 aliphatic carbocycles. The van der Waals surface area contributed by atoms with Gasteiger partial charge in [0.1, 0.15) is 0 Å². The van der Waals surface area contributed by atoms with E-state index in [0.29, 0.717) is 19.1 Å². The number of nitrogens with zero attached hydrogens (tertiary/aromatic N) is 2. The van der Waals surface area contributed by atoms with E-state index in [1.165, 1.54) is 5.56 Å². The number of guanidine groups is 1. The third-order valence-electron chi connectivity index (χ3n) is 4.13. The number of benzene rings is 2. The van der Waals surface area contributed by atoms with E-state index in [1.54, 1.807) is 7.11 Å². The number of hydrogen-bond donors (Lipinski definition) is 2. The van der Waals surface area contributed by atoms with Crippen molar-refractivity contribution >= 4 is 11.6 Å².